The summed E-state index contributed by atoms with van der Waals surface area (Å²) in [6, 6.07) is 14.0. The Bertz CT molecular complexity index is 1220. The van der Waals surface area contributed by atoms with E-state index in [4.69, 9.17) is 11.6 Å². The lowest BCUT2D eigenvalue weighted by atomic mass is 10.0. The number of carboxylic acid groups (broad SMARTS) is 1. The predicted molar refractivity (Wildman–Crippen MR) is 118 cm³/mol. The minimum Gasteiger partial charge on any atom is -0.480 e. The largest absolute Gasteiger partial charge is 0.480 e. The first-order valence-electron chi connectivity index (χ1n) is 9.27. The highest BCUT2D eigenvalue weighted by Crippen LogP contribution is 2.26. The summed E-state index contributed by atoms with van der Waals surface area (Å²) < 4.78 is 0. The molecule has 2 aromatic carbocycles. The molecule has 6 nitrogen and oxygen atoms in total. The maximum absolute atomic E-state index is 12.5. The molecule has 0 aliphatic carbocycles. The lowest BCUT2D eigenvalue weighted by Crippen LogP contribution is -2.43. The average molecular weight is 440 g/mol. The van der Waals surface area contributed by atoms with E-state index < -0.39 is 12.0 Å². The number of carboxylic acids is 1. The molecule has 0 aliphatic rings. The van der Waals surface area contributed by atoms with Gasteiger partial charge in [0.25, 0.3) is 0 Å². The summed E-state index contributed by atoms with van der Waals surface area (Å²) in [4.78, 5) is 31.8. The number of nitrogens with zero attached hydrogens (tertiary/aromatic N) is 1. The van der Waals surface area contributed by atoms with Crippen molar-refractivity contribution in [3.05, 3.63) is 76.4 Å². The highest BCUT2D eigenvalue weighted by molar-refractivity contribution is 7.13. The first-order chi connectivity index (χ1) is 14.5. The first kappa shape index (κ1) is 20.1. The van der Waals surface area contributed by atoms with Crippen molar-refractivity contribution in [2.24, 2.45) is 0 Å². The second-order valence-corrected chi connectivity index (χ2v) is 8.15. The number of halogens is 1. The highest BCUT2D eigenvalue weighted by Gasteiger charge is 2.22. The number of carbonyl (C=O) groups excluding carboxylic acids is 1. The molecule has 0 aliphatic heterocycles. The monoisotopic (exact) mass is 439 g/mol. The van der Waals surface area contributed by atoms with Crippen LogP contribution in [0.3, 0.4) is 0 Å². The zero-order valence-corrected chi connectivity index (χ0v) is 17.3. The predicted octanol–water partition coefficient (Wildman–Crippen LogP) is 4.30. The highest BCUT2D eigenvalue weighted by atomic mass is 35.5. The van der Waals surface area contributed by atoms with Crippen LogP contribution in [0, 0.1) is 0 Å². The lowest BCUT2D eigenvalue weighted by Gasteiger charge is -2.14. The number of hydrogen-bond donors (Lipinski definition) is 3. The van der Waals surface area contributed by atoms with Gasteiger partial charge in [0, 0.05) is 39.5 Å². The standard InChI is InChI=1S/C22H18ClN3O3S/c23-15-5-3-4-13(8-15)21-25-16(12-30-21)10-20(27)26-19(22(28)29)9-14-11-24-18-7-2-1-6-17(14)18/h1-8,11-12,19,24H,9-10H2,(H,26,27)(H,28,29)/t19-/m1/s1. The van der Waals surface area contributed by atoms with E-state index in [1.54, 1.807) is 17.6 Å². The Labute approximate surface area is 181 Å². The van der Waals surface area contributed by atoms with Gasteiger partial charge in [0.2, 0.25) is 5.91 Å². The number of nitrogens with one attached hydrogen (secondary N) is 2. The molecule has 1 atom stereocenters. The molecule has 8 heteroatoms. The van der Waals surface area contributed by atoms with E-state index in [9.17, 15) is 14.7 Å². The second-order valence-electron chi connectivity index (χ2n) is 6.85. The van der Waals surface area contributed by atoms with E-state index in [0.717, 1.165) is 27.0 Å². The third kappa shape index (κ3) is 4.53. The maximum Gasteiger partial charge on any atom is 0.326 e. The first-order valence-corrected chi connectivity index (χ1v) is 10.5. The van der Waals surface area contributed by atoms with Crippen molar-refractivity contribution in [1.82, 2.24) is 15.3 Å². The lowest BCUT2D eigenvalue weighted by molar-refractivity contribution is -0.141. The van der Waals surface area contributed by atoms with Crippen LogP contribution in [0.5, 0.6) is 0 Å². The van der Waals surface area contributed by atoms with Gasteiger partial charge in [0.05, 0.1) is 12.1 Å². The van der Waals surface area contributed by atoms with Gasteiger partial charge in [-0.2, -0.15) is 0 Å². The van der Waals surface area contributed by atoms with Crippen LogP contribution in [0.1, 0.15) is 11.3 Å². The summed E-state index contributed by atoms with van der Waals surface area (Å²) in [5.41, 5.74) is 3.24. The van der Waals surface area contributed by atoms with Crippen LogP contribution >= 0.6 is 22.9 Å². The average Bonchev–Trinajstić information content (AvgIpc) is 3.35. The van der Waals surface area contributed by atoms with Gasteiger partial charge in [-0.15, -0.1) is 11.3 Å². The Morgan fingerprint density at radius 1 is 1.20 bits per heavy atom. The Balaban J connectivity index is 1.43. The normalized spacial score (nSPS) is 12.0. The molecule has 1 amide bonds. The fourth-order valence-corrected chi connectivity index (χ4v) is 4.28. The number of para-hydroxylation sites is 1. The molecule has 0 fully saturated rings. The second kappa shape index (κ2) is 8.69. The summed E-state index contributed by atoms with van der Waals surface area (Å²) in [6.07, 6.45) is 1.98. The van der Waals surface area contributed by atoms with E-state index in [0.29, 0.717) is 10.7 Å². The van der Waals surface area contributed by atoms with Gasteiger partial charge in [-0.25, -0.2) is 9.78 Å². The van der Waals surface area contributed by atoms with Crippen molar-refractivity contribution in [3.8, 4) is 10.6 Å². The molecular formula is C22H18ClN3O3S. The third-order valence-electron chi connectivity index (χ3n) is 4.70. The summed E-state index contributed by atoms with van der Waals surface area (Å²) in [5.74, 6) is -1.46. The van der Waals surface area contributed by atoms with Gasteiger partial charge in [0.1, 0.15) is 11.0 Å². The number of aliphatic carboxylic acids is 1. The molecule has 0 unspecified atom stereocenters. The number of carbonyl (C=O) groups is 2. The quantitative estimate of drug-likeness (QED) is 0.400. The van der Waals surface area contributed by atoms with Gasteiger partial charge >= 0.3 is 5.97 Å². The molecule has 4 rings (SSSR count). The molecule has 2 heterocycles. The molecule has 2 aromatic heterocycles. The molecule has 4 aromatic rings. The minimum atomic E-state index is -1.08. The molecule has 0 bridgehead atoms. The molecule has 0 saturated carbocycles. The summed E-state index contributed by atoms with van der Waals surface area (Å²) >= 11 is 7.44. The van der Waals surface area contributed by atoms with Crippen LogP contribution in [0.15, 0.2) is 60.1 Å². The number of fused-ring (bicyclic) bond motifs is 1. The SMILES string of the molecule is O=C(Cc1csc(-c2cccc(Cl)c2)n1)N[C@H](Cc1c[nH]c2ccccc12)C(=O)O. The van der Waals surface area contributed by atoms with E-state index >= 15 is 0 Å². The number of hydrogen-bond acceptors (Lipinski definition) is 4. The van der Waals surface area contributed by atoms with Gasteiger partial charge in [-0.1, -0.05) is 41.9 Å². The van der Waals surface area contributed by atoms with Crippen LogP contribution in [-0.4, -0.2) is 33.0 Å². The number of benzene rings is 2. The molecule has 0 radical (unpaired) electrons. The zero-order valence-electron chi connectivity index (χ0n) is 15.8. The van der Waals surface area contributed by atoms with Crippen LogP contribution in [-0.2, 0) is 22.4 Å². The fraction of sp³-hybridized carbons (Fsp3) is 0.136. The van der Waals surface area contributed by atoms with Crippen LogP contribution in [0.4, 0.5) is 0 Å². The van der Waals surface area contributed by atoms with E-state index in [1.807, 2.05) is 42.5 Å². The minimum absolute atomic E-state index is 0.00866. The summed E-state index contributed by atoms with van der Waals surface area (Å²) in [5, 5.41) is 16.3. The van der Waals surface area contributed by atoms with Crippen molar-refractivity contribution in [2.45, 2.75) is 18.9 Å². The number of rotatable bonds is 7. The maximum atomic E-state index is 12.5. The van der Waals surface area contributed by atoms with Crippen LogP contribution in [0.25, 0.3) is 21.5 Å². The molecule has 30 heavy (non-hydrogen) atoms. The number of aromatic nitrogens is 2. The Kier molecular flexibility index (Phi) is 5.83. The van der Waals surface area contributed by atoms with Crippen molar-refractivity contribution in [1.29, 1.82) is 0 Å². The third-order valence-corrected chi connectivity index (χ3v) is 5.87. The van der Waals surface area contributed by atoms with Crippen molar-refractivity contribution in [3.63, 3.8) is 0 Å². The fourth-order valence-electron chi connectivity index (χ4n) is 3.27. The number of aromatic amines is 1. The van der Waals surface area contributed by atoms with E-state index in [1.165, 1.54) is 11.3 Å². The van der Waals surface area contributed by atoms with E-state index in [2.05, 4.69) is 15.3 Å². The van der Waals surface area contributed by atoms with Crippen LogP contribution < -0.4 is 5.32 Å². The number of amides is 1. The molecule has 152 valence electrons. The topological polar surface area (TPSA) is 95.1 Å². The Morgan fingerprint density at radius 2 is 2.03 bits per heavy atom. The van der Waals surface area contributed by atoms with E-state index in [-0.39, 0.29) is 18.7 Å². The van der Waals surface area contributed by atoms with Gasteiger partial charge < -0.3 is 15.4 Å². The number of H-pyrrole nitrogens is 1. The molecular weight excluding hydrogens is 422 g/mol. The molecule has 0 spiro atoms. The van der Waals surface area contributed by atoms with Gasteiger partial charge in [-0.05, 0) is 23.8 Å². The van der Waals surface area contributed by atoms with Crippen LogP contribution in [0.2, 0.25) is 5.02 Å². The molecule has 0 saturated heterocycles. The smallest absolute Gasteiger partial charge is 0.326 e. The Morgan fingerprint density at radius 3 is 2.83 bits per heavy atom. The van der Waals surface area contributed by atoms with Crippen molar-refractivity contribution < 1.29 is 14.7 Å². The zero-order chi connectivity index (χ0) is 21.1. The molecule has 3 N–H and O–H groups in total. The summed E-state index contributed by atoms with van der Waals surface area (Å²) in [7, 11) is 0. The Hall–Kier alpha value is -3.16. The summed E-state index contributed by atoms with van der Waals surface area (Å²) in [6.45, 7) is 0. The van der Waals surface area contributed by atoms with Gasteiger partial charge in [-0.3, -0.25) is 4.79 Å². The van der Waals surface area contributed by atoms with Gasteiger partial charge in [0.15, 0.2) is 0 Å². The van der Waals surface area contributed by atoms with Crippen molar-refractivity contribution in [2.75, 3.05) is 0 Å². The number of thiazole rings is 1. The van der Waals surface area contributed by atoms with Crippen molar-refractivity contribution >= 4 is 45.7 Å².